The summed E-state index contributed by atoms with van der Waals surface area (Å²) in [7, 11) is 0. The van der Waals surface area contributed by atoms with Crippen molar-refractivity contribution >= 4 is 5.91 Å². The van der Waals surface area contributed by atoms with Crippen molar-refractivity contribution in [2.24, 2.45) is 0 Å². The van der Waals surface area contributed by atoms with Gasteiger partial charge in [-0.3, -0.25) is 4.79 Å². The number of nitrogens with one attached hydrogen (secondary N) is 1. The van der Waals surface area contributed by atoms with Crippen LogP contribution in [0.15, 0.2) is 72.8 Å². The van der Waals surface area contributed by atoms with Crippen LogP contribution >= 0.6 is 0 Å². The number of hydrogen-bond acceptors (Lipinski definition) is 1. The van der Waals surface area contributed by atoms with E-state index in [1.54, 1.807) is 0 Å². The monoisotopic (exact) mass is 483 g/mol. The van der Waals surface area contributed by atoms with Crippen molar-refractivity contribution < 1.29 is 22.4 Å². The molecule has 0 aromatic heterocycles. The first-order chi connectivity index (χ1) is 16.7. The van der Waals surface area contributed by atoms with Crippen molar-refractivity contribution in [3.05, 3.63) is 106 Å². The molecule has 1 atom stereocenters. The molecule has 1 aliphatic rings. The van der Waals surface area contributed by atoms with Crippen molar-refractivity contribution in [2.45, 2.75) is 63.1 Å². The highest BCUT2D eigenvalue weighted by molar-refractivity contribution is 5.79. The number of alkyl halides is 3. The molecule has 0 heterocycles. The summed E-state index contributed by atoms with van der Waals surface area (Å²) in [5.74, 6) is -1.22. The third kappa shape index (κ3) is 5.92. The summed E-state index contributed by atoms with van der Waals surface area (Å²) in [5.41, 5.74) is 0.381. The van der Waals surface area contributed by atoms with Crippen molar-refractivity contribution in [3.8, 4) is 0 Å². The molecule has 184 valence electrons. The number of rotatable bonds is 7. The van der Waals surface area contributed by atoms with Gasteiger partial charge < -0.3 is 5.32 Å². The Balaban J connectivity index is 1.89. The molecule has 0 saturated heterocycles. The van der Waals surface area contributed by atoms with Crippen LogP contribution < -0.4 is 5.32 Å². The van der Waals surface area contributed by atoms with Crippen LogP contribution in [0, 0.1) is 12.7 Å². The maximum atomic E-state index is 14.7. The van der Waals surface area contributed by atoms with Crippen molar-refractivity contribution in [3.63, 3.8) is 0 Å². The summed E-state index contributed by atoms with van der Waals surface area (Å²) in [6.45, 7) is 1.92. The smallest absolute Gasteiger partial charge is 0.353 e. The van der Waals surface area contributed by atoms with Gasteiger partial charge in [0.25, 0.3) is 0 Å². The lowest BCUT2D eigenvalue weighted by Gasteiger charge is -2.36. The number of carbonyl (C=O) groups excluding carboxylic acids is 1. The third-order valence-electron chi connectivity index (χ3n) is 6.91. The fraction of sp³-hybridized carbons (Fsp3) is 0.345. The highest BCUT2D eigenvalue weighted by Crippen LogP contribution is 2.42. The minimum Gasteiger partial charge on any atom is -0.353 e. The lowest BCUT2D eigenvalue weighted by molar-refractivity contribution is -0.137. The molecule has 1 unspecified atom stereocenters. The lowest BCUT2D eigenvalue weighted by Crippen LogP contribution is -2.41. The molecule has 1 amide bonds. The van der Waals surface area contributed by atoms with Crippen LogP contribution in [0.1, 0.15) is 59.9 Å². The SMILES string of the molecule is Cc1ccc(C(CC(=O)NC2CCCC2)(Cc2ccccc2)c2cc(F)cc(C(F)(F)F)c2)cc1. The van der Waals surface area contributed by atoms with E-state index in [4.69, 9.17) is 0 Å². The Labute approximate surface area is 203 Å². The van der Waals surface area contributed by atoms with Crippen molar-refractivity contribution in [1.82, 2.24) is 5.32 Å². The number of amides is 1. The molecule has 3 aromatic rings. The number of benzene rings is 3. The number of halogens is 4. The Morgan fingerprint density at radius 1 is 0.886 bits per heavy atom. The fourth-order valence-corrected chi connectivity index (χ4v) is 5.11. The predicted molar refractivity (Wildman–Crippen MR) is 129 cm³/mol. The van der Waals surface area contributed by atoms with Crippen LogP contribution in [0.4, 0.5) is 17.6 Å². The van der Waals surface area contributed by atoms with Gasteiger partial charge in [-0.1, -0.05) is 73.0 Å². The molecule has 1 N–H and O–H groups in total. The topological polar surface area (TPSA) is 29.1 Å². The fourth-order valence-electron chi connectivity index (χ4n) is 5.11. The first-order valence-electron chi connectivity index (χ1n) is 11.9. The number of carbonyl (C=O) groups is 1. The first-order valence-corrected chi connectivity index (χ1v) is 11.9. The van der Waals surface area contributed by atoms with Crippen LogP contribution in [0.25, 0.3) is 0 Å². The quantitative estimate of drug-likeness (QED) is 0.356. The normalized spacial score (nSPS) is 16.1. The van der Waals surface area contributed by atoms with Gasteiger partial charge in [0.2, 0.25) is 5.91 Å². The van der Waals surface area contributed by atoms with Gasteiger partial charge in [0.1, 0.15) is 5.82 Å². The average Bonchev–Trinajstić information content (AvgIpc) is 3.31. The minimum absolute atomic E-state index is 0.0631. The molecule has 6 heteroatoms. The zero-order chi connectivity index (χ0) is 25.1. The van der Waals surface area contributed by atoms with Gasteiger partial charge in [-0.15, -0.1) is 0 Å². The van der Waals surface area contributed by atoms with Gasteiger partial charge in [-0.25, -0.2) is 4.39 Å². The van der Waals surface area contributed by atoms with Crippen LogP contribution in [0.3, 0.4) is 0 Å². The molecule has 35 heavy (non-hydrogen) atoms. The van der Waals surface area contributed by atoms with E-state index in [-0.39, 0.29) is 30.4 Å². The van der Waals surface area contributed by atoms with Gasteiger partial charge in [-0.05, 0) is 61.1 Å². The molecule has 0 spiro atoms. The third-order valence-corrected chi connectivity index (χ3v) is 6.91. The van der Waals surface area contributed by atoms with E-state index in [0.29, 0.717) is 11.6 Å². The van der Waals surface area contributed by atoms with Crippen LogP contribution in [0.5, 0.6) is 0 Å². The Bertz CT molecular complexity index is 1150. The highest BCUT2D eigenvalue weighted by atomic mass is 19.4. The van der Waals surface area contributed by atoms with Crippen LogP contribution in [-0.2, 0) is 22.8 Å². The van der Waals surface area contributed by atoms with E-state index in [2.05, 4.69) is 5.32 Å². The number of hydrogen-bond donors (Lipinski definition) is 1. The molecule has 4 rings (SSSR count). The van der Waals surface area contributed by atoms with E-state index in [0.717, 1.165) is 48.9 Å². The maximum Gasteiger partial charge on any atom is 0.416 e. The summed E-state index contributed by atoms with van der Waals surface area (Å²) < 4.78 is 55.8. The summed E-state index contributed by atoms with van der Waals surface area (Å²) in [6.07, 6.45) is -0.708. The van der Waals surface area contributed by atoms with Crippen molar-refractivity contribution in [2.75, 3.05) is 0 Å². The van der Waals surface area contributed by atoms with E-state index in [1.807, 2.05) is 61.5 Å². The molecule has 2 nitrogen and oxygen atoms in total. The summed E-state index contributed by atoms with van der Waals surface area (Å²) >= 11 is 0. The van der Waals surface area contributed by atoms with E-state index >= 15 is 0 Å². The molecule has 1 fully saturated rings. The summed E-state index contributed by atoms with van der Waals surface area (Å²) in [4.78, 5) is 13.4. The summed E-state index contributed by atoms with van der Waals surface area (Å²) in [5, 5.41) is 3.08. The Morgan fingerprint density at radius 2 is 1.51 bits per heavy atom. The van der Waals surface area contributed by atoms with Crippen molar-refractivity contribution in [1.29, 1.82) is 0 Å². The second-order valence-corrected chi connectivity index (χ2v) is 9.56. The first kappa shape index (κ1) is 25.0. The molecule has 3 aromatic carbocycles. The van der Waals surface area contributed by atoms with Gasteiger partial charge in [0, 0.05) is 17.9 Å². The van der Waals surface area contributed by atoms with Gasteiger partial charge in [0.15, 0.2) is 0 Å². The second-order valence-electron chi connectivity index (χ2n) is 9.56. The summed E-state index contributed by atoms with van der Waals surface area (Å²) in [6, 6.07) is 19.4. The standard InChI is InChI=1S/C29H29F4NO/c1-20-11-13-22(14-12-20)28(18-21-7-3-2-4-8-21,19-27(35)34-26-9-5-6-10-26)23-15-24(29(31,32)33)17-25(30)16-23/h2-4,7-8,11-17,26H,5-6,9-10,18-19H2,1H3,(H,34,35). The maximum absolute atomic E-state index is 14.7. The number of aryl methyl sites for hydroxylation is 1. The molecule has 0 aliphatic heterocycles. The molecular formula is C29H29F4NO. The highest BCUT2D eigenvalue weighted by Gasteiger charge is 2.40. The molecule has 1 aliphatic carbocycles. The Hall–Kier alpha value is -3.15. The minimum atomic E-state index is -4.71. The average molecular weight is 484 g/mol. The Kier molecular flexibility index (Phi) is 7.29. The van der Waals surface area contributed by atoms with E-state index in [9.17, 15) is 22.4 Å². The molecular weight excluding hydrogens is 454 g/mol. The van der Waals surface area contributed by atoms with Crippen LogP contribution in [0.2, 0.25) is 0 Å². The zero-order valence-corrected chi connectivity index (χ0v) is 19.7. The van der Waals surface area contributed by atoms with Gasteiger partial charge in [-0.2, -0.15) is 13.2 Å². The molecule has 0 bridgehead atoms. The molecule has 0 radical (unpaired) electrons. The van der Waals surface area contributed by atoms with E-state index < -0.39 is 23.0 Å². The van der Waals surface area contributed by atoms with Gasteiger partial charge in [0.05, 0.1) is 5.56 Å². The van der Waals surface area contributed by atoms with E-state index in [1.165, 1.54) is 0 Å². The second kappa shape index (κ2) is 10.2. The van der Waals surface area contributed by atoms with Gasteiger partial charge >= 0.3 is 6.18 Å². The largest absolute Gasteiger partial charge is 0.416 e. The Morgan fingerprint density at radius 3 is 2.14 bits per heavy atom. The lowest BCUT2D eigenvalue weighted by atomic mass is 9.67. The van der Waals surface area contributed by atoms with Crippen LogP contribution in [-0.4, -0.2) is 11.9 Å². The predicted octanol–water partition coefficient (Wildman–Crippen LogP) is 7.13. The molecule has 1 saturated carbocycles. The zero-order valence-electron chi connectivity index (χ0n) is 19.7.